The lowest BCUT2D eigenvalue weighted by Crippen LogP contribution is -2.18. The molecule has 0 bridgehead atoms. The minimum atomic E-state index is 0.787. The number of hydrogen-bond donors (Lipinski definition) is 0. The van der Waals surface area contributed by atoms with E-state index in [0.717, 1.165) is 39.5 Å². The number of nitrogens with zero attached hydrogens (tertiary/aromatic N) is 3. The molecule has 0 spiro atoms. The van der Waals surface area contributed by atoms with Crippen LogP contribution in [0.3, 0.4) is 0 Å². The molecule has 0 amide bonds. The van der Waals surface area contributed by atoms with Crippen LogP contribution in [0.1, 0.15) is 16.3 Å². The molecule has 0 N–H and O–H groups in total. The summed E-state index contributed by atoms with van der Waals surface area (Å²) < 4.78 is 5.43. The van der Waals surface area contributed by atoms with Crippen LogP contribution < -0.4 is 9.64 Å². The van der Waals surface area contributed by atoms with Crippen molar-refractivity contribution in [1.82, 2.24) is 9.97 Å². The normalized spacial score (nSPS) is 10.9. The minimum Gasteiger partial charge on any atom is -0.494 e. The Kier molecular flexibility index (Phi) is 3.98. The molecule has 2 aromatic heterocycles. The molecule has 0 saturated heterocycles. The number of hydrogen-bond acceptors (Lipinski definition) is 5. The predicted molar refractivity (Wildman–Crippen MR) is 92.0 cm³/mol. The maximum absolute atomic E-state index is 5.43. The third kappa shape index (κ3) is 2.64. The maximum Gasteiger partial charge on any atom is 0.145 e. The summed E-state index contributed by atoms with van der Waals surface area (Å²) in [5.74, 6) is 0.803. The standard InChI is InChI=1S/C17H19N3OS/c1-11-8-18-16-13(6-5-7-14(16)21-4)17(11)20(3)9-15-19-12(2)10-22-15/h5-8,10H,9H2,1-4H3. The fourth-order valence-corrected chi connectivity index (χ4v) is 3.53. The number of thiazole rings is 1. The number of benzene rings is 1. The Balaban J connectivity index is 2.07. The summed E-state index contributed by atoms with van der Waals surface area (Å²) >= 11 is 1.70. The summed E-state index contributed by atoms with van der Waals surface area (Å²) in [5.41, 5.74) is 4.30. The van der Waals surface area contributed by atoms with Gasteiger partial charge in [-0.1, -0.05) is 12.1 Å². The summed E-state index contributed by atoms with van der Waals surface area (Å²) in [6.45, 7) is 4.90. The molecular weight excluding hydrogens is 294 g/mol. The molecule has 0 aliphatic rings. The first-order valence-electron chi connectivity index (χ1n) is 7.14. The van der Waals surface area contributed by atoms with Crippen LogP contribution in [-0.2, 0) is 6.54 Å². The first-order valence-corrected chi connectivity index (χ1v) is 8.02. The van der Waals surface area contributed by atoms with E-state index in [-0.39, 0.29) is 0 Å². The first kappa shape index (κ1) is 14.8. The predicted octanol–water partition coefficient (Wildman–Crippen LogP) is 3.95. The highest BCUT2D eigenvalue weighted by molar-refractivity contribution is 7.09. The van der Waals surface area contributed by atoms with Crippen LogP contribution in [0.25, 0.3) is 10.9 Å². The highest BCUT2D eigenvalue weighted by Crippen LogP contribution is 2.33. The molecule has 4 nitrogen and oxygen atoms in total. The monoisotopic (exact) mass is 313 g/mol. The molecule has 0 aliphatic carbocycles. The number of para-hydroxylation sites is 1. The third-order valence-electron chi connectivity index (χ3n) is 3.66. The van der Waals surface area contributed by atoms with Crippen molar-refractivity contribution in [2.24, 2.45) is 0 Å². The lowest BCUT2D eigenvalue weighted by atomic mass is 10.1. The smallest absolute Gasteiger partial charge is 0.145 e. The van der Waals surface area contributed by atoms with E-state index in [9.17, 15) is 0 Å². The fraction of sp³-hybridized carbons (Fsp3) is 0.294. The largest absolute Gasteiger partial charge is 0.494 e. The second kappa shape index (κ2) is 5.93. The Hall–Kier alpha value is -2.14. The van der Waals surface area contributed by atoms with Crippen LogP contribution in [-0.4, -0.2) is 24.1 Å². The van der Waals surface area contributed by atoms with Crippen molar-refractivity contribution >= 4 is 27.9 Å². The number of rotatable bonds is 4. The second-order valence-electron chi connectivity index (χ2n) is 5.38. The molecule has 0 unspecified atom stereocenters. The van der Waals surface area contributed by atoms with Crippen molar-refractivity contribution in [2.45, 2.75) is 20.4 Å². The quantitative estimate of drug-likeness (QED) is 0.731. The molecule has 1 aromatic carbocycles. The highest BCUT2D eigenvalue weighted by Gasteiger charge is 2.14. The molecule has 22 heavy (non-hydrogen) atoms. The fourth-order valence-electron chi connectivity index (χ4n) is 2.71. The van der Waals surface area contributed by atoms with E-state index in [1.54, 1.807) is 18.4 Å². The lowest BCUT2D eigenvalue weighted by Gasteiger charge is -2.22. The number of anilines is 1. The van der Waals surface area contributed by atoms with Gasteiger partial charge in [-0.15, -0.1) is 11.3 Å². The molecule has 2 heterocycles. The van der Waals surface area contributed by atoms with Gasteiger partial charge in [0.15, 0.2) is 0 Å². The zero-order valence-corrected chi connectivity index (χ0v) is 14.1. The molecular formula is C17H19N3OS. The van der Waals surface area contributed by atoms with E-state index in [2.05, 4.69) is 40.3 Å². The van der Waals surface area contributed by atoms with Crippen molar-refractivity contribution in [3.63, 3.8) is 0 Å². The molecule has 3 aromatic rings. The Labute approximate surface area is 134 Å². The SMILES string of the molecule is COc1cccc2c(N(C)Cc3nc(C)cs3)c(C)cnc12. The van der Waals surface area contributed by atoms with Gasteiger partial charge in [-0.05, 0) is 25.5 Å². The van der Waals surface area contributed by atoms with Gasteiger partial charge >= 0.3 is 0 Å². The Bertz CT molecular complexity index is 813. The highest BCUT2D eigenvalue weighted by atomic mass is 32.1. The second-order valence-corrected chi connectivity index (χ2v) is 6.33. The number of fused-ring (bicyclic) bond motifs is 1. The van der Waals surface area contributed by atoms with E-state index in [1.807, 2.05) is 25.3 Å². The molecule has 0 aliphatic heterocycles. The average molecular weight is 313 g/mol. The molecule has 0 fully saturated rings. The molecule has 3 rings (SSSR count). The number of aromatic nitrogens is 2. The van der Waals surface area contributed by atoms with Crippen molar-refractivity contribution in [1.29, 1.82) is 0 Å². The van der Waals surface area contributed by atoms with Crippen LogP contribution in [0.5, 0.6) is 5.75 Å². The van der Waals surface area contributed by atoms with Crippen LogP contribution in [0.4, 0.5) is 5.69 Å². The molecule has 0 saturated carbocycles. The van der Waals surface area contributed by atoms with E-state index >= 15 is 0 Å². The van der Waals surface area contributed by atoms with Gasteiger partial charge in [0.05, 0.1) is 19.3 Å². The van der Waals surface area contributed by atoms with Crippen molar-refractivity contribution in [3.8, 4) is 5.75 Å². The topological polar surface area (TPSA) is 38.2 Å². The van der Waals surface area contributed by atoms with E-state index < -0.39 is 0 Å². The molecule has 5 heteroatoms. The van der Waals surface area contributed by atoms with E-state index in [1.165, 1.54) is 5.69 Å². The van der Waals surface area contributed by atoms with Crippen LogP contribution in [0.2, 0.25) is 0 Å². The number of aryl methyl sites for hydroxylation is 2. The van der Waals surface area contributed by atoms with Gasteiger partial charge < -0.3 is 9.64 Å². The zero-order chi connectivity index (χ0) is 15.7. The van der Waals surface area contributed by atoms with Gasteiger partial charge in [0.25, 0.3) is 0 Å². The Morgan fingerprint density at radius 1 is 1.27 bits per heavy atom. The van der Waals surface area contributed by atoms with Crippen LogP contribution in [0.15, 0.2) is 29.8 Å². The van der Waals surface area contributed by atoms with Crippen LogP contribution >= 0.6 is 11.3 Å². The van der Waals surface area contributed by atoms with Gasteiger partial charge in [0.2, 0.25) is 0 Å². The average Bonchev–Trinajstić information content (AvgIpc) is 2.91. The van der Waals surface area contributed by atoms with Gasteiger partial charge in [-0.2, -0.15) is 0 Å². The van der Waals surface area contributed by atoms with Crippen molar-refractivity contribution < 1.29 is 4.74 Å². The summed E-state index contributed by atoms with van der Waals surface area (Å²) in [6, 6.07) is 6.04. The van der Waals surface area contributed by atoms with Gasteiger partial charge in [0, 0.05) is 29.7 Å². The number of ether oxygens (including phenoxy) is 1. The lowest BCUT2D eigenvalue weighted by molar-refractivity contribution is 0.419. The van der Waals surface area contributed by atoms with Crippen molar-refractivity contribution in [3.05, 3.63) is 46.0 Å². The maximum atomic E-state index is 5.43. The zero-order valence-electron chi connectivity index (χ0n) is 13.3. The van der Waals surface area contributed by atoms with Gasteiger partial charge in [0.1, 0.15) is 16.3 Å². The van der Waals surface area contributed by atoms with E-state index in [4.69, 9.17) is 4.74 Å². The number of methoxy groups -OCH3 is 1. The molecule has 0 atom stereocenters. The summed E-state index contributed by atoms with van der Waals surface area (Å²) in [7, 11) is 3.77. The Morgan fingerprint density at radius 2 is 2.09 bits per heavy atom. The Morgan fingerprint density at radius 3 is 2.77 bits per heavy atom. The van der Waals surface area contributed by atoms with Gasteiger partial charge in [-0.25, -0.2) is 4.98 Å². The van der Waals surface area contributed by atoms with Crippen molar-refractivity contribution in [2.75, 3.05) is 19.1 Å². The summed E-state index contributed by atoms with van der Waals surface area (Å²) in [5, 5.41) is 4.31. The summed E-state index contributed by atoms with van der Waals surface area (Å²) in [4.78, 5) is 11.3. The third-order valence-corrected chi connectivity index (χ3v) is 4.61. The van der Waals surface area contributed by atoms with Crippen LogP contribution in [0, 0.1) is 13.8 Å². The minimum absolute atomic E-state index is 0.787. The molecule has 114 valence electrons. The number of pyridine rings is 1. The van der Waals surface area contributed by atoms with Gasteiger partial charge in [-0.3, -0.25) is 4.98 Å². The van der Waals surface area contributed by atoms with E-state index in [0.29, 0.717) is 0 Å². The molecule has 0 radical (unpaired) electrons. The first-order chi connectivity index (χ1) is 10.6. The summed E-state index contributed by atoms with van der Waals surface area (Å²) in [6.07, 6.45) is 1.91.